The van der Waals surface area contributed by atoms with Crippen molar-refractivity contribution in [3.63, 3.8) is 0 Å². The van der Waals surface area contributed by atoms with Crippen molar-refractivity contribution in [3.05, 3.63) is 22.4 Å². The smallest absolute Gasteiger partial charge is 0.465 e. The van der Waals surface area contributed by atoms with Crippen molar-refractivity contribution in [3.8, 4) is 0 Å². The highest BCUT2D eigenvalue weighted by Crippen LogP contribution is 2.26. The number of methoxy groups -OCH3 is 1. The molecule has 0 bridgehead atoms. The van der Waals surface area contributed by atoms with Crippen LogP contribution in [0.1, 0.15) is 17.4 Å². The third-order valence-corrected chi connectivity index (χ3v) is 3.28. The molecule has 1 aromatic rings. The predicted octanol–water partition coefficient (Wildman–Crippen LogP) is 2.57. The monoisotopic (exact) mass is 273 g/mol. The van der Waals surface area contributed by atoms with Gasteiger partial charge in [0, 0.05) is 24.9 Å². The van der Waals surface area contributed by atoms with Crippen LogP contribution in [-0.4, -0.2) is 43.0 Å². The lowest BCUT2D eigenvalue weighted by molar-refractivity contribution is 0.0317. The Morgan fingerprint density at radius 1 is 1.56 bits per heavy atom. The molecule has 7 heteroatoms. The lowest BCUT2D eigenvalue weighted by Gasteiger charge is -2.19. The SMILES string of the molecule is COC(=O)O[C@@H](CCN(C)C(=O)O)c1cccs1. The molecule has 18 heavy (non-hydrogen) atoms. The summed E-state index contributed by atoms with van der Waals surface area (Å²) in [7, 11) is 2.70. The second-order valence-corrected chi connectivity index (χ2v) is 4.55. The van der Waals surface area contributed by atoms with Crippen LogP contribution in [0.5, 0.6) is 0 Å². The van der Waals surface area contributed by atoms with Crippen LogP contribution in [0.25, 0.3) is 0 Å². The molecule has 0 aliphatic rings. The van der Waals surface area contributed by atoms with E-state index < -0.39 is 18.4 Å². The minimum Gasteiger partial charge on any atom is -0.465 e. The van der Waals surface area contributed by atoms with Crippen LogP contribution in [0.4, 0.5) is 9.59 Å². The van der Waals surface area contributed by atoms with Gasteiger partial charge < -0.3 is 19.5 Å². The Labute approximate surface area is 109 Å². The van der Waals surface area contributed by atoms with E-state index in [0.717, 1.165) is 9.78 Å². The van der Waals surface area contributed by atoms with E-state index in [1.54, 1.807) is 0 Å². The molecule has 100 valence electrons. The van der Waals surface area contributed by atoms with E-state index in [2.05, 4.69) is 4.74 Å². The van der Waals surface area contributed by atoms with Crippen LogP contribution < -0.4 is 0 Å². The van der Waals surface area contributed by atoms with E-state index in [-0.39, 0.29) is 6.54 Å². The highest BCUT2D eigenvalue weighted by atomic mass is 32.1. The van der Waals surface area contributed by atoms with E-state index in [9.17, 15) is 9.59 Å². The number of hydrogen-bond acceptors (Lipinski definition) is 5. The van der Waals surface area contributed by atoms with Gasteiger partial charge in [0.1, 0.15) is 6.10 Å². The molecular weight excluding hydrogens is 258 g/mol. The van der Waals surface area contributed by atoms with Crippen LogP contribution in [0.15, 0.2) is 17.5 Å². The number of rotatable bonds is 5. The molecule has 0 fully saturated rings. The second-order valence-electron chi connectivity index (χ2n) is 3.57. The average molecular weight is 273 g/mol. The molecule has 0 unspecified atom stereocenters. The molecule has 1 amide bonds. The van der Waals surface area contributed by atoms with Crippen molar-refractivity contribution >= 4 is 23.6 Å². The molecule has 1 N–H and O–H groups in total. The normalized spacial score (nSPS) is 11.7. The van der Waals surface area contributed by atoms with Crippen LogP contribution in [0, 0.1) is 0 Å². The summed E-state index contributed by atoms with van der Waals surface area (Å²) in [5, 5.41) is 10.6. The van der Waals surface area contributed by atoms with Gasteiger partial charge in [-0.1, -0.05) is 6.07 Å². The van der Waals surface area contributed by atoms with Gasteiger partial charge in [-0.25, -0.2) is 9.59 Å². The zero-order valence-corrected chi connectivity index (χ0v) is 11.0. The van der Waals surface area contributed by atoms with Gasteiger partial charge in [-0.05, 0) is 11.4 Å². The topological polar surface area (TPSA) is 76.1 Å². The molecule has 0 aliphatic carbocycles. The fourth-order valence-electron chi connectivity index (χ4n) is 1.30. The molecule has 0 saturated heterocycles. The summed E-state index contributed by atoms with van der Waals surface area (Å²) in [4.78, 5) is 23.8. The molecule has 0 aromatic carbocycles. The minimum atomic E-state index is -1.02. The summed E-state index contributed by atoms with van der Waals surface area (Å²) in [6, 6.07) is 3.67. The quantitative estimate of drug-likeness (QED) is 0.834. The highest BCUT2D eigenvalue weighted by molar-refractivity contribution is 7.10. The van der Waals surface area contributed by atoms with E-state index in [0.29, 0.717) is 6.42 Å². The molecular formula is C11H15NO5S. The maximum absolute atomic E-state index is 11.1. The Hall–Kier alpha value is -1.76. The van der Waals surface area contributed by atoms with Gasteiger partial charge in [0.05, 0.1) is 7.11 Å². The number of ether oxygens (including phenoxy) is 2. The lowest BCUT2D eigenvalue weighted by atomic mass is 10.2. The predicted molar refractivity (Wildman–Crippen MR) is 65.8 cm³/mol. The van der Waals surface area contributed by atoms with Crippen molar-refractivity contribution in [2.75, 3.05) is 20.7 Å². The summed E-state index contributed by atoms with van der Waals surface area (Å²) in [6.45, 7) is 0.273. The Morgan fingerprint density at radius 2 is 2.28 bits per heavy atom. The molecule has 0 radical (unpaired) electrons. The van der Waals surface area contributed by atoms with Crippen molar-refractivity contribution in [2.45, 2.75) is 12.5 Å². The van der Waals surface area contributed by atoms with Gasteiger partial charge >= 0.3 is 12.2 Å². The number of carboxylic acid groups (broad SMARTS) is 1. The first-order valence-electron chi connectivity index (χ1n) is 5.26. The number of carbonyl (C=O) groups excluding carboxylic acids is 1. The molecule has 1 rings (SSSR count). The number of amides is 1. The molecule has 0 saturated carbocycles. The fourth-order valence-corrected chi connectivity index (χ4v) is 2.09. The number of thiophene rings is 1. The summed E-state index contributed by atoms with van der Waals surface area (Å²) in [5.74, 6) is 0. The molecule has 1 heterocycles. The van der Waals surface area contributed by atoms with Gasteiger partial charge in [-0.15, -0.1) is 11.3 Å². The standard InChI is InChI=1S/C11H15NO5S/c1-12(10(13)14)6-5-8(17-11(15)16-2)9-4-3-7-18-9/h3-4,7-8H,5-6H2,1-2H3,(H,13,14)/t8-/m0/s1. The van der Waals surface area contributed by atoms with E-state index in [1.165, 1.54) is 25.5 Å². The van der Waals surface area contributed by atoms with Gasteiger partial charge in [0.15, 0.2) is 0 Å². The van der Waals surface area contributed by atoms with Gasteiger partial charge in [0.2, 0.25) is 0 Å². The summed E-state index contributed by atoms with van der Waals surface area (Å²) in [6.07, 6.45) is -1.89. The fraction of sp³-hybridized carbons (Fsp3) is 0.455. The largest absolute Gasteiger partial charge is 0.508 e. The third-order valence-electron chi connectivity index (χ3n) is 2.32. The average Bonchev–Trinajstić information content (AvgIpc) is 2.87. The number of nitrogens with zero attached hydrogens (tertiary/aromatic N) is 1. The van der Waals surface area contributed by atoms with Gasteiger partial charge in [-0.3, -0.25) is 0 Å². The minimum absolute atomic E-state index is 0.273. The number of hydrogen-bond donors (Lipinski definition) is 1. The second kappa shape index (κ2) is 6.85. The van der Waals surface area contributed by atoms with Crippen molar-refractivity contribution in [1.82, 2.24) is 4.90 Å². The van der Waals surface area contributed by atoms with Gasteiger partial charge in [0.25, 0.3) is 0 Å². The summed E-state index contributed by atoms with van der Waals surface area (Å²) >= 11 is 1.44. The Balaban J connectivity index is 2.61. The maximum atomic E-state index is 11.1. The molecule has 0 aliphatic heterocycles. The first-order chi connectivity index (χ1) is 8.54. The van der Waals surface area contributed by atoms with Crippen molar-refractivity contribution in [2.24, 2.45) is 0 Å². The third kappa shape index (κ3) is 4.25. The van der Waals surface area contributed by atoms with Crippen LogP contribution >= 0.6 is 11.3 Å². The lowest BCUT2D eigenvalue weighted by Crippen LogP contribution is -2.27. The Kier molecular flexibility index (Phi) is 5.44. The van der Waals surface area contributed by atoms with E-state index >= 15 is 0 Å². The molecule has 0 spiro atoms. The molecule has 1 atom stereocenters. The van der Waals surface area contributed by atoms with Gasteiger partial charge in [-0.2, -0.15) is 0 Å². The zero-order valence-electron chi connectivity index (χ0n) is 10.2. The Bertz CT molecular complexity index is 392. The summed E-state index contributed by atoms with van der Waals surface area (Å²) in [5.41, 5.74) is 0. The summed E-state index contributed by atoms with van der Waals surface area (Å²) < 4.78 is 9.55. The van der Waals surface area contributed by atoms with Crippen LogP contribution in [0.2, 0.25) is 0 Å². The van der Waals surface area contributed by atoms with Crippen molar-refractivity contribution in [1.29, 1.82) is 0 Å². The first-order valence-corrected chi connectivity index (χ1v) is 6.14. The molecule has 1 aromatic heterocycles. The highest BCUT2D eigenvalue weighted by Gasteiger charge is 2.19. The van der Waals surface area contributed by atoms with Crippen LogP contribution in [0.3, 0.4) is 0 Å². The van der Waals surface area contributed by atoms with Crippen molar-refractivity contribution < 1.29 is 24.2 Å². The van der Waals surface area contributed by atoms with E-state index in [1.807, 2.05) is 17.5 Å². The molecule has 6 nitrogen and oxygen atoms in total. The number of carbonyl (C=O) groups is 2. The Morgan fingerprint density at radius 3 is 2.78 bits per heavy atom. The van der Waals surface area contributed by atoms with Crippen LogP contribution in [-0.2, 0) is 9.47 Å². The first kappa shape index (κ1) is 14.3. The maximum Gasteiger partial charge on any atom is 0.508 e. The zero-order chi connectivity index (χ0) is 13.5. The van der Waals surface area contributed by atoms with E-state index in [4.69, 9.17) is 9.84 Å².